The van der Waals surface area contributed by atoms with E-state index >= 15 is 0 Å². The van der Waals surface area contributed by atoms with Gasteiger partial charge in [0.1, 0.15) is 11.6 Å². The van der Waals surface area contributed by atoms with Crippen LogP contribution < -0.4 is 9.64 Å². The summed E-state index contributed by atoms with van der Waals surface area (Å²) in [6, 6.07) is 4.32. The van der Waals surface area contributed by atoms with Gasteiger partial charge >= 0.3 is 0 Å². The van der Waals surface area contributed by atoms with Crippen LogP contribution in [0.5, 0.6) is 5.75 Å². The summed E-state index contributed by atoms with van der Waals surface area (Å²) in [5, 5.41) is 0. The molecule has 1 aromatic heterocycles. The maximum absolute atomic E-state index is 5.40. The predicted molar refractivity (Wildman–Crippen MR) is 81.3 cm³/mol. The SMILES string of the molecule is COc1c(C)cc(CN(C)c2cncc(C)n2)cc1C. The Bertz CT molecular complexity index is 587. The molecule has 0 saturated carbocycles. The fourth-order valence-corrected chi connectivity index (χ4v) is 2.44. The summed E-state index contributed by atoms with van der Waals surface area (Å²) in [6.07, 6.45) is 3.55. The van der Waals surface area contributed by atoms with Crippen molar-refractivity contribution in [3.05, 3.63) is 46.9 Å². The third kappa shape index (κ3) is 3.07. The van der Waals surface area contributed by atoms with E-state index < -0.39 is 0 Å². The monoisotopic (exact) mass is 271 g/mol. The summed E-state index contributed by atoms with van der Waals surface area (Å²) in [5.41, 5.74) is 4.49. The standard InChI is InChI=1S/C16H21N3O/c1-11-6-14(7-12(2)16(11)20-5)10-19(4)15-9-17-8-13(3)18-15/h6-9H,10H2,1-5H3. The van der Waals surface area contributed by atoms with Gasteiger partial charge < -0.3 is 9.64 Å². The Morgan fingerprint density at radius 1 is 1.10 bits per heavy atom. The predicted octanol–water partition coefficient (Wildman–Crippen LogP) is 3.05. The smallest absolute Gasteiger partial charge is 0.147 e. The number of rotatable bonds is 4. The second kappa shape index (κ2) is 5.90. The normalized spacial score (nSPS) is 10.4. The van der Waals surface area contributed by atoms with E-state index in [2.05, 4.69) is 40.8 Å². The van der Waals surface area contributed by atoms with Crippen LogP contribution in [0, 0.1) is 20.8 Å². The minimum Gasteiger partial charge on any atom is -0.496 e. The van der Waals surface area contributed by atoms with E-state index in [1.54, 1.807) is 19.5 Å². The number of anilines is 1. The van der Waals surface area contributed by atoms with Crippen LogP contribution in [0.15, 0.2) is 24.5 Å². The molecule has 0 spiro atoms. The molecule has 0 radical (unpaired) electrons. The minimum absolute atomic E-state index is 0.795. The third-order valence-electron chi connectivity index (χ3n) is 3.28. The van der Waals surface area contributed by atoms with Crippen LogP contribution in [-0.4, -0.2) is 24.1 Å². The second-order valence-electron chi connectivity index (χ2n) is 5.14. The van der Waals surface area contributed by atoms with Crippen molar-refractivity contribution < 1.29 is 4.74 Å². The van der Waals surface area contributed by atoms with Crippen molar-refractivity contribution in [2.24, 2.45) is 0 Å². The molecule has 0 aliphatic carbocycles. The van der Waals surface area contributed by atoms with Crippen LogP contribution in [0.3, 0.4) is 0 Å². The van der Waals surface area contributed by atoms with Gasteiger partial charge in [0, 0.05) is 19.8 Å². The van der Waals surface area contributed by atoms with Gasteiger partial charge in [-0.2, -0.15) is 0 Å². The van der Waals surface area contributed by atoms with Crippen LogP contribution >= 0.6 is 0 Å². The highest BCUT2D eigenvalue weighted by Gasteiger charge is 2.08. The van der Waals surface area contributed by atoms with Gasteiger partial charge in [0.2, 0.25) is 0 Å². The maximum Gasteiger partial charge on any atom is 0.147 e. The number of nitrogens with zero attached hydrogens (tertiary/aromatic N) is 3. The third-order valence-corrected chi connectivity index (χ3v) is 3.28. The Balaban J connectivity index is 2.22. The lowest BCUT2D eigenvalue weighted by Gasteiger charge is -2.19. The summed E-state index contributed by atoms with van der Waals surface area (Å²) in [5.74, 6) is 1.85. The zero-order valence-corrected chi connectivity index (χ0v) is 12.8. The quantitative estimate of drug-likeness (QED) is 0.856. The number of hydrogen-bond donors (Lipinski definition) is 0. The molecule has 106 valence electrons. The van der Waals surface area contributed by atoms with Crippen molar-refractivity contribution in [1.29, 1.82) is 0 Å². The maximum atomic E-state index is 5.40. The first kappa shape index (κ1) is 14.3. The number of methoxy groups -OCH3 is 1. The summed E-state index contributed by atoms with van der Waals surface area (Å²) < 4.78 is 5.40. The lowest BCUT2D eigenvalue weighted by atomic mass is 10.1. The first-order valence-electron chi connectivity index (χ1n) is 6.65. The Kier molecular flexibility index (Phi) is 4.23. The summed E-state index contributed by atoms with van der Waals surface area (Å²) in [6.45, 7) is 6.89. The first-order valence-corrected chi connectivity index (χ1v) is 6.65. The van der Waals surface area contributed by atoms with Crippen LogP contribution in [0.25, 0.3) is 0 Å². The molecule has 0 unspecified atom stereocenters. The van der Waals surface area contributed by atoms with E-state index in [0.29, 0.717) is 0 Å². The molecule has 0 aliphatic heterocycles. The Morgan fingerprint density at radius 2 is 1.75 bits per heavy atom. The van der Waals surface area contributed by atoms with Crippen LogP contribution in [0.4, 0.5) is 5.82 Å². The average molecular weight is 271 g/mol. The summed E-state index contributed by atoms with van der Waals surface area (Å²) in [7, 11) is 3.74. The number of ether oxygens (including phenoxy) is 1. The number of hydrogen-bond acceptors (Lipinski definition) is 4. The molecule has 4 heteroatoms. The van der Waals surface area contributed by atoms with Gasteiger partial charge in [-0.1, -0.05) is 12.1 Å². The van der Waals surface area contributed by atoms with Crippen LogP contribution in [0.2, 0.25) is 0 Å². The molecule has 0 atom stereocenters. The van der Waals surface area contributed by atoms with Gasteiger partial charge in [0.05, 0.1) is 19.0 Å². The first-order chi connectivity index (χ1) is 9.51. The van der Waals surface area contributed by atoms with Crippen molar-refractivity contribution >= 4 is 5.82 Å². The van der Waals surface area contributed by atoms with E-state index in [-0.39, 0.29) is 0 Å². The van der Waals surface area contributed by atoms with E-state index in [4.69, 9.17) is 4.74 Å². The molecule has 0 amide bonds. The van der Waals surface area contributed by atoms with Crippen molar-refractivity contribution in [2.75, 3.05) is 19.1 Å². The lowest BCUT2D eigenvalue weighted by molar-refractivity contribution is 0.408. The van der Waals surface area contributed by atoms with E-state index in [1.807, 2.05) is 14.0 Å². The lowest BCUT2D eigenvalue weighted by Crippen LogP contribution is -2.18. The molecule has 0 fully saturated rings. The topological polar surface area (TPSA) is 38.2 Å². The second-order valence-corrected chi connectivity index (χ2v) is 5.14. The molecule has 2 rings (SSSR count). The molecular formula is C16H21N3O. The minimum atomic E-state index is 0.795. The van der Waals surface area contributed by atoms with Crippen molar-refractivity contribution in [3.8, 4) is 5.75 Å². The highest BCUT2D eigenvalue weighted by Crippen LogP contribution is 2.25. The van der Waals surface area contributed by atoms with E-state index in [9.17, 15) is 0 Å². The molecule has 0 saturated heterocycles. The zero-order valence-electron chi connectivity index (χ0n) is 12.8. The molecule has 0 N–H and O–H groups in total. The van der Waals surface area contributed by atoms with Gasteiger partial charge in [-0.05, 0) is 37.5 Å². The highest BCUT2D eigenvalue weighted by molar-refractivity contribution is 5.45. The van der Waals surface area contributed by atoms with Crippen LogP contribution in [0.1, 0.15) is 22.4 Å². The fourth-order valence-electron chi connectivity index (χ4n) is 2.44. The average Bonchev–Trinajstić information content (AvgIpc) is 2.38. The Morgan fingerprint density at radius 3 is 2.30 bits per heavy atom. The van der Waals surface area contributed by atoms with E-state index in [0.717, 1.165) is 34.9 Å². The van der Waals surface area contributed by atoms with Gasteiger partial charge in [0.15, 0.2) is 0 Å². The molecule has 1 aromatic carbocycles. The zero-order chi connectivity index (χ0) is 14.7. The van der Waals surface area contributed by atoms with Gasteiger partial charge in [-0.15, -0.1) is 0 Å². The molecule has 4 nitrogen and oxygen atoms in total. The molecular weight excluding hydrogens is 250 g/mol. The fraction of sp³-hybridized carbons (Fsp3) is 0.375. The van der Waals surface area contributed by atoms with Gasteiger partial charge in [-0.25, -0.2) is 4.98 Å². The molecule has 0 bridgehead atoms. The highest BCUT2D eigenvalue weighted by atomic mass is 16.5. The van der Waals surface area contributed by atoms with Gasteiger partial charge in [-0.3, -0.25) is 4.98 Å². The van der Waals surface area contributed by atoms with Crippen LogP contribution in [-0.2, 0) is 6.54 Å². The summed E-state index contributed by atoms with van der Waals surface area (Å²) >= 11 is 0. The molecule has 1 heterocycles. The van der Waals surface area contributed by atoms with Crippen molar-refractivity contribution in [1.82, 2.24) is 9.97 Å². The molecule has 2 aromatic rings. The largest absolute Gasteiger partial charge is 0.496 e. The number of benzene rings is 1. The number of aryl methyl sites for hydroxylation is 3. The Labute approximate surface area is 120 Å². The molecule has 0 aliphatic rings. The molecule has 20 heavy (non-hydrogen) atoms. The van der Waals surface area contributed by atoms with Crippen molar-refractivity contribution in [3.63, 3.8) is 0 Å². The number of aromatic nitrogens is 2. The Hall–Kier alpha value is -2.10. The van der Waals surface area contributed by atoms with Gasteiger partial charge in [0.25, 0.3) is 0 Å². The van der Waals surface area contributed by atoms with E-state index in [1.165, 1.54) is 5.56 Å². The summed E-state index contributed by atoms with van der Waals surface area (Å²) in [4.78, 5) is 10.8. The van der Waals surface area contributed by atoms with Crippen molar-refractivity contribution in [2.45, 2.75) is 27.3 Å².